The summed E-state index contributed by atoms with van der Waals surface area (Å²) in [4.78, 5) is 11.4. The first kappa shape index (κ1) is 14.9. The maximum absolute atomic E-state index is 11.4. The smallest absolute Gasteiger partial charge is 0.249 e. The van der Waals surface area contributed by atoms with Crippen molar-refractivity contribution in [2.45, 2.75) is 52.5 Å². The fourth-order valence-electron chi connectivity index (χ4n) is 3.24. The molecule has 1 aliphatic carbocycles. The van der Waals surface area contributed by atoms with Gasteiger partial charge in [0.05, 0.1) is 0 Å². The highest BCUT2D eigenvalue weighted by molar-refractivity contribution is 5.95. The summed E-state index contributed by atoms with van der Waals surface area (Å²) in [5.74, 6) is 1.20. The lowest BCUT2D eigenvalue weighted by atomic mass is 9.79. The van der Waals surface area contributed by atoms with Gasteiger partial charge in [0.25, 0.3) is 0 Å². The van der Waals surface area contributed by atoms with Crippen LogP contribution in [-0.2, 0) is 0 Å². The molecule has 3 nitrogen and oxygen atoms in total. The number of primary amides is 1. The van der Waals surface area contributed by atoms with E-state index in [1.54, 1.807) is 6.07 Å². The first-order valence-electron chi connectivity index (χ1n) is 7.65. The third-order valence-electron chi connectivity index (χ3n) is 4.62. The Kier molecular flexibility index (Phi) is 4.69. The zero-order chi connectivity index (χ0) is 14.7. The molecule has 2 rings (SSSR count). The molecular weight excluding hydrogens is 248 g/mol. The van der Waals surface area contributed by atoms with Gasteiger partial charge in [-0.1, -0.05) is 32.8 Å². The van der Waals surface area contributed by atoms with Crippen molar-refractivity contribution in [3.05, 3.63) is 29.3 Å². The van der Waals surface area contributed by atoms with Gasteiger partial charge < -0.3 is 11.1 Å². The Morgan fingerprint density at radius 1 is 1.35 bits per heavy atom. The predicted molar refractivity (Wildman–Crippen MR) is 83.9 cm³/mol. The van der Waals surface area contributed by atoms with Crippen molar-refractivity contribution in [1.29, 1.82) is 0 Å². The molecule has 0 aromatic heterocycles. The van der Waals surface area contributed by atoms with E-state index in [9.17, 15) is 4.79 Å². The Labute approximate surface area is 121 Å². The summed E-state index contributed by atoms with van der Waals surface area (Å²) < 4.78 is 0. The zero-order valence-electron chi connectivity index (χ0n) is 12.8. The van der Waals surface area contributed by atoms with Crippen molar-refractivity contribution in [2.75, 3.05) is 5.32 Å². The standard InChI is InChI=1S/C17H26N2O/c1-11(2)13-6-4-7-14(10-13)19-16-9-5-8-15(12(16)3)17(18)20/h5,8-9,11,13-14,19H,4,6-7,10H2,1-3H3,(H2,18,20). The monoisotopic (exact) mass is 274 g/mol. The summed E-state index contributed by atoms with van der Waals surface area (Å²) in [5, 5.41) is 3.62. The van der Waals surface area contributed by atoms with E-state index in [1.165, 1.54) is 25.7 Å². The average Bonchev–Trinajstić information content (AvgIpc) is 2.41. The first-order chi connectivity index (χ1) is 9.49. The molecular formula is C17H26N2O. The number of hydrogen-bond donors (Lipinski definition) is 2. The SMILES string of the molecule is Cc1c(NC2CCCC(C(C)C)C2)cccc1C(N)=O. The van der Waals surface area contributed by atoms with Crippen molar-refractivity contribution in [2.24, 2.45) is 17.6 Å². The topological polar surface area (TPSA) is 55.1 Å². The van der Waals surface area contributed by atoms with Crippen LogP contribution in [0.1, 0.15) is 55.5 Å². The quantitative estimate of drug-likeness (QED) is 0.879. The molecule has 20 heavy (non-hydrogen) atoms. The van der Waals surface area contributed by atoms with Crippen LogP contribution in [0.4, 0.5) is 5.69 Å². The van der Waals surface area contributed by atoms with Crippen molar-refractivity contribution >= 4 is 11.6 Å². The van der Waals surface area contributed by atoms with Gasteiger partial charge in [-0.25, -0.2) is 0 Å². The van der Waals surface area contributed by atoms with Crippen LogP contribution in [0, 0.1) is 18.8 Å². The van der Waals surface area contributed by atoms with E-state index >= 15 is 0 Å². The molecule has 110 valence electrons. The number of carbonyl (C=O) groups is 1. The van der Waals surface area contributed by atoms with Crippen molar-refractivity contribution in [3.8, 4) is 0 Å². The van der Waals surface area contributed by atoms with Crippen LogP contribution in [0.2, 0.25) is 0 Å². The Bertz CT molecular complexity index is 482. The normalized spacial score (nSPS) is 22.8. The number of amides is 1. The van der Waals surface area contributed by atoms with Crippen LogP contribution in [-0.4, -0.2) is 11.9 Å². The molecule has 0 radical (unpaired) electrons. The second-order valence-corrected chi connectivity index (χ2v) is 6.35. The highest BCUT2D eigenvalue weighted by Crippen LogP contribution is 2.32. The Morgan fingerprint density at radius 3 is 2.75 bits per heavy atom. The van der Waals surface area contributed by atoms with Gasteiger partial charge in [0.1, 0.15) is 0 Å². The fourth-order valence-corrected chi connectivity index (χ4v) is 3.24. The van der Waals surface area contributed by atoms with E-state index in [4.69, 9.17) is 5.73 Å². The average molecular weight is 274 g/mol. The van der Waals surface area contributed by atoms with Crippen molar-refractivity contribution in [1.82, 2.24) is 0 Å². The molecule has 0 aliphatic heterocycles. The maximum atomic E-state index is 11.4. The molecule has 2 atom stereocenters. The summed E-state index contributed by atoms with van der Waals surface area (Å²) in [6.07, 6.45) is 5.06. The van der Waals surface area contributed by atoms with Crippen LogP contribution < -0.4 is 11.1 Å². The van der Waals surface area contributed by atoms with Gasteiger partial charge in [-0.2, -0.15) is 0 Å². The third-order valence-corrected chi connectivity index (χ3v) is 4.62. The van der Waals surface area contributed by atoms with Crippen molar-refractivity contribution in [3.63, 3.8) is 0 Å². The van der Waals surface area contributed by atoms with Gasteiger partial charge in [-0.15, -0.1) is 0 Å². The molecule has 0 saturated heterocycles. The van der Waals surface area contributed by atoms with E-state index in [0.717, 1.165) is 23.1 Å². The van der Waals surface area contributed by atoms with E-state index in [2.05, 4.69) is 19.2 Å². The molecule has 1 fully saturated rings. The van der Waals surface area contributed by atoms with Gasteiger partial charge in [0, 0.05) is 17.3 Å². The fraction of sp³-hybridized carbons (Fsp3) is 0.588. The van der Waals surface area contributed by atoms with Crippen LogP contribution >= 0.6 is 0 Å². The summed E-state index contributed by atoms with van der Waals surface area (Å²) >= 11 is 0. The minimum absolute atomic E-state index is 0.352. The summed E-state index contributed by atoms with van der Waals surface area (Å²) in [6.45, 7) is 6.59. The van der Waals surface area contributed by atoms with Gasteiger partial charge in [0.15, 0.2) is 0 Å². The number of rotatable bonds is 4. The molecule has 3 N–H and O–H groups in total. The van der Waals surface area contributed by atoms with Gasteiger partial charge in [0.2, 0.25) is 5.91 Å². The van der Waals surface area contributed by atoms with Crippen LogP contribution in [0.15, 0.2) is 18.2 Å². The van der Waals surface area contributed by atoms with Gasteiger partial charge >= 0.3 is 0 Å². The van der Waals surface area contributed by atoms with Gasteiger partial charge in [-0.05, 0) is 49.3 Å². The maximum Gasteiger partial charge on any atom is 0.249 e. The molecule has 1 saturated carbocycles. The minimum atomic E-state index is -0.352. The lowest BCUT2D eigenvalue weighted by Crippen LogP contribution is -2.30. The number of anilines is 1. The van der Waals surface area contributed by atoms with Crippen LogP contribution in [0.3, 0.4) is 0 Å². The highest BCUT2D eigenvalue weighted by atomic mass is 16.1. The molecule has 2 unspecified atom stereocenters. The van der Waals surface area contributed by atoms with Gasteiger partial charge in [-0.3, -0.25) is 4.79 Å². The van der Waals surface area contributed by atoms with Crippen LogP contribution in [0.5, 0.6) is 0 Å². The molecule has 3 heteroatoms. The second-order valence-electron chi connectivity index (χ2n) is 6.35. The Morgan fingerprint density at radius 2 is 2.10 bits per heavy atom. The first-order valence-corrected chi connectivity index (χ1v) is 7.65. The summed E-state index contributed by atoms with van der Waals surface area (Å²) in [6, 6.07) is 6.25. The van der Waals surface area contributed by atoms with E-state index in [-0.39, 0.29) is 5.91 Å². The molecule has 1 aliphatic rings. The summed E-state index contributed by atoms with van der Waals surface area (Å²) in [5.41, 5.74) is 8.04. The molecule has 0 bridgehead atoms. The second kappa shape index (κ2) is 6.29. The lowest BCUT2D eigenvalue weighted by Gasteiger charge is -2.33. The zero-order valence-corrected chi connectivity index (χ0v) is 12.8. The van der Waals surface area contributed by atoms with E-state index in [1.807, 2.05) is 19.1 Å². The number of nitrogens with one attached hydrogen (secondary N) is 1. The Hall–Kier alpha value is -1.51. The molecule has 1 amide bonds. The number of nitrogens with two attached hydrogens (primary N) is 1. The molecule has 0 spiro atoms. The summed E-state index contributed by atoms with van der Waals surface area (Å²) in [7, 11) is 0. The number of benzene rings is 1. The number of hydrogen-bond acceptors (Lipinski definition) is 2. The van der Waals surface area contributed by atoms with E-state index in [0.29, 0.717) is 11.6 Å². The molecule has 1 aromatic carbocycles. The third kappa shape index (κ3) is 3.33. The minimum Gasteiger partial charge on any atom is -0.382 e. The lowest BCUT2D eigenvalue weighted by molar-refractivity contribution is 0.1000. The largest absolute Gasteiger partial charge is 0.382 e. The highest BCUT2D eigenvalue weighted by Gasteiger charge is 2.24. The molecule has 1 aromatic rings. The molecule has 0 heterocycles. The van der Waals surface area contributed by atoms with Crippen molar-refractivity contribution < 1.29 is 4.79 Å². The predicted octanol–water partition coefficient (Wildman–Crippen LogP) is 3.72. The Balaban J connectivity index is 2.10. The van der Waals surface area contributed by atoms with Crippen LogP contribution in [0.25, 0.3) is 0 Å². The number of carbonyl (C=O) groups excluding carboxylic acids is 1. The van der Waals surface area contributed by atoms with E-state index < -0.39 is 0 Å².